The minimum Gasteiger partial charge on any atom is -0.118 e. The molecule has 0 spiro atoms. The summed E-state index contributed by atoms with van der Waals surface area (Å²) >= 11 is 6.30. The molecule has 1 heteroatoms. The monoisotopic (exact) mass is 210 g/mol. The van der Waals surface area contributed by atoms with E-state index >= 15 is 0 Å². The molecule has 0 amide bonds. The third-order valence-electron chi connectivity index (χ3n) is 2.46. The molecule has 14 heavy (non-hydrogen) atoms. The molecule has 0 aliphatic carbocycles. The Bertz CT molecular complexity index is 296. The third-order valence-corrected chi connectivity index (χ3v) is 3.01. The molecule has 0 radical (unpaired) electrons. The third kappa shape index (κ3) is 2.51. The van der Waals surface area contributed by atoms with Gasteiger partial charge in [0.2, 0.25) is 0 Å². The predicted octanol–water partition coefficient (Wildman–Crippen LogP) is 4.67. The number of halogens is 1. The van der Waals surface area contributed by atoms with Crippen LogP contribution in [0.2, 0.25) is 0 Å². The molecule has 0 aliphatic heterocycles. The molecule has 1 atom stereocenters. The summed E-state index contributed by atoms with van der Waals surface area (Å²) in [5.74, 6) is 0. The fourth-order valence-electron chi connectivity index (χ4n) is 1.67. The Morgan fingerprint density at radius 3 is 2.29 bits per heavy atom. The smallest absolute Gasteiger partial charge is 0.0585 e. The van der Waals surface area contributed by atoms with Crippen molar-refractivity contribution in [2.75, 3.05) is 0 Å². The Labute approximate surface area is 92.3 Å². The molecule has 0 saturated heterocycles. The highest BCUT2D eigenvalue weighted by atomic mass is 35.5. The zero-order valence-corrected chi connectivity index (χ0v) is 10.2. The maximum atomic E-state index is 6.30. The standard InChI is InChI=1S/C13H19Cl/c1-5-12(14)10-8-6-7-9-11(10)13(2,3)4/h6-9,12H,5H2,1-4H3/t12-/m1/s1. The summed E-state index contributed by atoms with van der Waals surface area (Å²) < 4.78 is 0. The lowest BCUT2D eigenvalue weighted by molar-refractivity contribution is 0.580. The molecule has 0 unspecified atom stereocenters. The van der Waals surface area contributed by atoms with E-state index in [0.717, 1.165) is 6.42 Å². The van der Waals surface area contributed by atoms with Crippen LogP contribution >= 0.6 is 11.6 Å². The van der Waals surface area contributed by atoms with Crippen molar-refractivity contribution >= 4 is 11.6 Å². The van der Waals surface area contributed by atoms with Gasteiger partial charge in [-0.15, -0.1) is 11.6 Å². The van der Waals surface area contributed by atoms with Crippen LogP contribution in [0.15, 0.2) is 24.3 Å². The minimum absolute atomic E-state index is 0.144. The molecule has 78 valence electrons. The first-order chi connectivity index (χ1) is 6.46. The van der Waals surface area contributed by atoms with E-state index in [9.17, 15) is 0 Å². The van der Waals surface area contributed by atoms with Crippen LogP contribution in [-0.2, 0) is 5.41 Å². The Kier molecular flexibility index (Phi) is 3.60. The van der Waals surface area contributed by atoms with Crippen molar-refractivity contribution in [3.8, 4) is 0 Å². The van der Waals surface area contributed by atoms with Crippen LogP contribution < -0.4 is 0 Å². The number of hydrogen-bond donors (Lipinski definition) is 0. The van der Waals surface area contributed by atoms with Crippen LogP contribution in [-0.4, -0.2) is 0 Å². The molecule has 0 N–H and O–H groups in total. The minimum atomic E-state index is 0.144. The molecule has 1 aromatic carbocycles. The van der Waals surface area contributed by atoms with Crippen molar-refractivity contribution in [3.63, 3.8) is 0 Å². The summed E-state index contributed by atoms with van der Waals surface area (Å²) in [6, 6.07) is 8.47. The van der Waals surface area contributed by atoms with Gasteiger partial charge in [-0.25, -0.2) is 0 Å². The Morgan fingerprint density at radius 2 is 1.79 bits per heavy atom. The van der Waals surface area contributed by atoms with Gasteiger partial charge in [-0.3, -0.25) is 0 Å². The average molecular weight is 211 g/mol. The lowest BCUT2D eigenvalue weighted by Gasteiger charge is -2.24. The Hall–Kier alpha value is -0.490. The van der Waals surface area contributed by atoms with Crippen molar-refractivity contribution in [1.29, 1.82) is 0 Å². The lowest BCUT2D eigenvalue weighted by Crippen LogP contribution is -2.14. The van der Waals surface area contributed by atoms with Gasteiger partial charge in [0.15, 0.2) is 0 Å². The summed E-state index contributed by atoms with van der Waals surface area (Å²) in [6.07, 6.45) is 0.981. The zero-order chi connectivity index (χ0) is 10.8. The maximum Gasteiger partial charge on any atom is 0.0585 e. The second-order valence-electron chi connectivity index (χ2n) is 4.71. The summed E-state index contributed by atoms with van der Waals surface area (Å²) in [6.45, 7) is 8.80. The van der Waals surface area contributed by atoms with Crippen LogP contribution in [0.5, 0.6) is 0 Å². The molecule has 0 aliphatic rings. The Morgan fingerprint density at radius 1 is 1.21 bits per heavy atom. The normalized spacial score (nSPS) is 14.1. The van der Waals surface area contributed by atoms with Crippen LogP contribution in [0.3, 0.4) is 0 Å². The highest BCUT2D eigenvalue weighted by molar-refractivity contribution is 6.20. The molecule has 0 saturated carbocycles. The molecule has 0 aromatic heterocycles. The van der Waals surface area contributed by atoms with Gasteiger partial charge in [-0.1, -0.05) is 52.0 Å². The fourth-order valence-corrected chi connectivity index (χ4v) is 1.86. The van der Waals surface area contributed by atoms with Gasteiger partial charge in [0.1, 0.15) is 0 Å². The summed E-state index contributed by atoms with van der Waals surface area (Å²) in [5, 5.41) is 0.144. The summed E-state index contributed by atoms with van der Waals surface area (Å²) in [5.41, 5.74) is 2.82. The van der Waals surface area contributed by atoms with E-state index in [-0.39, 0.29) is 10.8 Å². The first kappa shape index (κ1) is 11.6. The Balaban J connectivity index is 3.16. The molecule has 0 bridgehead atoms. The molecule has 1 aromatic rings. The number of alkyl halides is 1. The summed E-state index contributed by atoms with van der Waals surface area (Å²) in [7, 11) is 0. The van der Waals surface area contributed by atoms with Crippen molar-refractivity contribution < 1.29 is 0 Å². The number of rotatable bonds is 2. The van der Waals surface area contributed by atoms with Gasteiger partial charge in [0, 0.05) is 0 Å². The molecule has 1 rings (SSSR count). The van der Waals surface area contributed by atoms with Crippen LogP contribution in [0.1, 0.15) is 50.6 Å². The number of benzene rings is 1. The molecule has 0 fully saturated rings. The molecule has 0 nitrogen and oxygen atoms in total. The molecule has 0 heterocycles. The maximum absolute atomic E-state index is 6.30. The lowest BCUT2D eigenvalue weighted by atomic mass is 9.82. The SMILES string of the molecule is CC[C@@H](Cl)c1ccccc1C(C)(C)C. The highest BCUT2D eigenvalue weighted by Gasteiger charge is 2.20. The second-order valence-corrected chi connectivity index (χ2v) is 5.24. The zero-order valence-electron chi connectivity index (χ0n) is 9.47. The van der Waals surface area contributed by atoms with E-state index in [1.807, 2.05) is 0 Å². The summed E-state index contributed by atoms with van der Waals surface area (Å²) in [4.78, 5) is 0. The largest absolute Gasteiger partial charge is 0.118 e. The molecular formula is C13H19Cl. The topological polar surface area (TPSA) is 0 Å². The van der Waals surface area contributed by atoms with Crippen LogP contribution in [0, 0.1) is 0 Å². The van der Waals surface area contributed by atoms with E-state index in [1.165, 1.54) is 11.1 Å². The van der Waals surface area contributed by atoms with Gasteiger partial charge in [0.05, 0.1) is 5.38 Å². The van der Waals surface area contributed by atoms with Gasteiger partial charge in [0.25, 0.3) is 0 Å². The average Bonchev–Trinajstić information content (AvgIpc) is 2.15. The number of hydrogen-bond acceptors (Lipinski definition) is 0. The highest BCUT2D eigenvalue weighted by Crippen LogP contribution is 2.33. The quantitative estimate of drug-likeness (QED) is 0.623. The van der Waals surface area contributed by atoms with E-state index < -0.39 is 0 Å². The molecular weight excluding hydrogens is 192 g/mol. The van der Waals surface area contributed by atoms with E-state index in [2.05, 4.69) is 52.0 Å². The van der Waals surface area contributed by atoms with Crippen molar-refractivity contribution in [2.45, 2.75) is 44.9 Å². The van der Waals surface area contributed by atoms with Gasteiger partial charge >= 0.3 is 0 Å². The van der Waals surface area contributed by atoms with Gasteiger partial charge < -0.3 is 0 Å². The first-order valence-corrected chi connectivity index (χ1v) is 5.64. The van der Waals surface area contributed by atoms with E-state index in [1.54, 1.807) is 0 Å². The van der Waals surface area contributed by atoms with Gasteiger partial charge in [-0.2, -0.15) is 0 Å². The van der Waals surface area contributed by atoms with E-state index in [4.69, 9.17) is 11.6 Å². The van der Waals surface area contributed by atoms with Gasteiger partial charge in [-0.05, 0) is 23.0 Å². The second kappa shape index (κ2) is 4.35. The van der Waals surface area contributed by atoms with Crippen molar-refractivity contribution in [3.05, 3.63) is 35.4 Å². The van der Waals surface area contributed by atoms with Crippen molar-refractivity contribution in [1.82, 2.24) is 0 Å². The van der Waals surface area contributed by atoms with Crippen LogP contribution in [0.25, 0.3) is 0 Å². The fraction of sp³-hybridized carbons (Fsp3) is 0.538. The van der Waals surface area contributed by atoms with Crippen LogP contribution in [0.4, 0.5) is 0 Å². The predicted molar refractivity (Wildman–Crippen MR) is 64.0 cm³/mol. The van der Waals surface area contributed by atoms with E-state index in [0.29, 0.717) is 0 Å². The van der Waals surface area contributed by atoms with Crippen molar-refractivity contribution in [2.24, 2.45) is 0 Å². The first-order valence-electron chi connectivity index (χ1n) is 5.20.